The third-order valence-electron chi connectivity index (χ3n) is 4.37. The van der Waals surface area contributed by atoms with Crippen molar-refractivity contribution < 1.29 is 14.6 Å². The number of carbonyl (C=O) groups excluding carboxylic acids is 1. The van der Waals surface area contributed by atoms with Crippen molar-refractivity contribution in [1.29, 1.82) is 0 Å². The molecule has 1 aliphatic rings. The molecule has 24 heavy (non-hydrogen) atoms. The molecule has 0 fully saturated rings. The fourth-order valence-electron chi connectivity index (χ4n) is 3.04. The van der Waals surface area contributed by atoms with Crippen molar-refractivity contribution in [2.75, 3.05) is 6.61 Å². The molecule has 1 aliphatic carbocycles. The van der Waals surface area contributed by atoms with Crippen LogP contribution in [0.25, 0.3) is 0 Å². The van der Waals surface area contributed by atoms with E-state index in [4.69, 9.17) is 4.74 Å². The van der Waals surface area contributed by atoms with Gasteiger partial charge in [-0.15, -0.1) is 0 Å². The van der Waals surface area contributed by atoms with Crippen molar-refractivity contribution in [3.05, 3.63) is 53.3 Å². The van der Waals surface area contributed by atoms with Crippen LogP contribution >= 0.6 is 0 Å². The highest BCUT2D eigenvalue weighted by Gasteiger charge is 2.22. The van der Waals surface area contributed by atoms with Gasteiger partial charge in [-0.05, 0) is 68.9 Å². The zero-order valence-electron chi connectivity index (χ0n) is 14.9. The number of ether oxygens (including phenoxy) is 1. The maximum absolute atomic E-state index is 11.6. The molecule has 4 heteroatoms. The van der Waals surface area contributed by atoms with E-state index in [2.05, 4.69) is 19.2 Å². The van der Waals surface area contributed by atoms with Crippen LogP contribution in [-0.4, -0.2) is 23.7 Å². The minimum absolute atomic E-state index is 0.0294. The summed E-state index contributed by atoms with van der Waals surface area (Å²) in [6.07, 6.45) is 4.57. The highest BCUT2D eigenvalue weighted by atomic mass is 16.5. The Labute approximate surface area is 144 Å². The van der Waals surface area contributed by atoms with Crippen molar-refractivity contribution in [1.82, 2.24) is 5.32 Å². The lowest BCUT2D eigenvalue weighted by Crippen LogP contribution is -2.34. The second-order valence-corrected chi connectivity index (χ2v) is 6.73. The van der Waals surface area contributed by atoms with Gasteiger partial charge in [-0.25, -0.2) is 0 Å². The third kappa shape index (κ3) is 4.88. The molecule has 0 heterocycles. The van der Waals surface area contributed by atoms with Crippen molar-refractivity contribution in [2.24, 2.45) is 5.92 Å². The average molecular weight is 329 g/mol. The first-order valence-electron chi connectivity index (χ1n) is 8.46. The molecule has 0 aliphatic heterocycles. The van der Waals surface area contributed by atoms with Gasteiger partial charge in [0.05, 0.1) is 0 Å². The summed E-state index contributed by atoms with van der Waals surface area (Å²) in [4.78, 5) is 11.6. The van der Waals surface area contributed by atoms with E-state index in [-0.39, 0.29) is 18.6 Å². The highest BCUT2D eigenvalue weighted by Crippen LogP contribution is 2.36. The Morgan fingerprint density at radius 1 is 1.29 bits per heavy atom. The molecule has 1 amide bonds. The number of hydrogen-bond donors (Lipinski definition) is 2. The molecular weight excluding hydrogens is 302 g/mol. The number of allylic oxidation sites excluding steroid dienone is 3. The predicted octanol–water partition coefficient (Wildman–Crippen LogP) is 4.10. The summed E-state index contributed by atoms with van der Waals surface area (Å²) in [6.45, 7) is 8.14. The molecule has 2 N–H and O–H groups in total. The quantitative estimate of drug-likeness (QED) is 0.826. The Hall–Kier alpha value is -2.23. The number of hydrogen-bond acceptors (Lipinski definition) is 3. The van der Waals surface area contributed by atoms with Gasteiger partial charge in [-0.1, -0.05) is 24.6 Å². The maximum atomic E-state index is 11.6. The lowest BCUT2D eigenvalue weighted by Gasteiger charge is -2.26. The Bertz CT molecular complexity index is 629. The van der Waals surface area contributed by atoms with Crippen LogP contribution in [-0.2, 0) is 4.79 Å². The van der Waals surface area contributed by atoms with Gasteiger partial charge >= 0.3 is 0 Å². The van der Waals surface area contributed by atoms with Crippen molar-refractivity contribution in [3.8, 4) is 5.75 Å². The third-order valence-corrected chi connectivity index (χ3v) is 4.37. The molecule has 2 unspecified atom stereocenters. The molecule has 1 aromatic rings. The van der Waals surface area contributed by atoms with Crippen molar-refractivity contribution in [2.45, 2.75) is 46.1 Å². The van der Waals surface area contributed by atoms with Gasteiger partial charge in [0, 0.05) is 6.04 Å². The largest absolute Gasteiger partial charge is 0.508 e. The van der Waals surface area contributed by atoms with E-state index in [0.717, 1.165) is 6.42 Å². The Kier molecular flexibility index (Phi) is 6.07. The molecule has 0 aromatic heterocycles. The van der Waals surface area contributed by atoms with E-state index in [0.29, 0.717) is 23.3 Å². The molecule has 2 atom stereocenters. The SMILES string of the molecule is CC1=CC(O)=CCC1C(C)c1ccc(OCC(=O)NC(C)C)cc1. The minimum Gasteiger partial charge on any atom is -0.508 e. The topological polar surface area (TPSA) is 58.6 Å². The fourth-order valence-corrected chi connectivity index (χ4v) is 3.04. The number of nitrogens with one attached hydrogen (secondary N) is 1. The zero-order valence-corrected chi connectivity index (χ0v) is 14.9. The summed E-state index contributed by atoms with van der Waals surface area (Å²) in [5.74, 6) is 1.68. The molecule has 4 nitrogen and oxygen atoms in total. The van der Waals surface area contributed by atoms with Crippen molar-refractivity contribution in [3.63, 3.8) is 0 Å². The molecule has 1 aromatic carbocycles. The van der Waals surface area contributed by atoms with Crippen molar-refractivity contribution >= 4 is 5.91 Å². The van der Waals surface area contributed by atoms with E-state index in [9.17, 15) is 9.90 Å². The molecule has 0 spiro atoms. The van der Waals surface area contributed by atoms with Gasteiger partial charge < -0.3 is 15.2 Å². The van der Waals surface area contributed by atoms with Gasteiger partial charge in [0.25, 0.3) is 5.91 Å². The number of rotatable bonds is 6. The van der Waals surface area contributed by atoms with Crippen LogP contribution in [0.4, 0.5) is 0 Å². The molecule has 0 saturated heterocycles. The monoisotopic (exact) mass is 329 g/mol. The number of aliphatic hydroxyl groups is 1. The Balaban J connectivity index is 1.94. The summed E-state index contributed by atoms with van der Waals surface area (Å²) in [5, 5.41) is 12.4. The smallest absolute Gasteiger partial charge is 0.258 e. The van der Waals surface area contributed by atoms with Gasteiger partial charge in [0.15, 0.2) is 6.61 Å². The van der Waals surface area contributed by atoms with Gasteiger partial charge in [-0.3, -0.25) is 4.79 Å². The Morgan fingerprint density at radius 2 is 1.96 bits per heavy atom. The second-order valence-electron chi connectivity index (χ2n) is 6.73. The lowest BCUT2D eigenvalue weighted by atomic mass is 9.79. The highest BCUT2D eigenvalue weighted by molar-refractivity contribution is 5.77. The van der Waals surface area contributed by atoms with Gasteiger partial charge in [0.2, 0.25) is 0 Å². The molecule has 0 radical (unpaired) electrons. The van der Waals surface area contributed by atoms with E-state index in [1.165, 1.54) is 11.1 Å². The first kappa shape index (κ1) is 18.1. The first-order valence-corrected chi connectivity index (χ1v) is 8.46. The summed E-state index contributed by atoms with van der Waals surface area (Å²) < 4.78 is 5.52. The second kappa shape index (κ2) is 8.04. The van der Waals surface area contributed by atoms with Crippen LogP contribution < -0.4 is 10.1 Å². The molecule has 0 saturated carbocycles. The molecule has 130 valence electrons. The number of carbonyl (C=O) groups is 1. The van der Waals surface area contributed by atoms with Crippen LogP contribution in [0.15, 0.2) is 47.7 Å². The summed E-state index contributed by atoms with van der Waals surface area (Å²) in [6, 6.07) is 8.02. The minimum atomic E-state index is -0.114. The van der Waals surface area contributed by atoms with Gasteiger partial charge in [0.1, 0.15) is 11.5 Å². The van der Waals surface area contributed by atoms with Crippen LogP contribution in [0.3, 0.4) is 0 Å². The fraction of sp³-hybridized carbons (Fsp3) is 0.450. The van der Waals surface area contributed by atoms with Crippen LogP contribution in [0.1, 0.15) is 45.6 Å². The molecule has 0 bridgehead atoms. The zero-order chi connectivity index (χ0) is 17.7. The van der Waals surface area contributed by atoms with Crippen LogP contribution in [0.2, 0.25) is 0 Å². The summed E-state index contributed by atoms with van der Waals surface area (Å²) >= 11 is 0. The normalized spacial score (nSPS) is 18.6. The Morgan fingerprint density at radius 3 is 2.54 bits per heavy atom. The maximum Gasteiger partial charge on any atom is 0.258 e. The first-order chi connectivity index (χ1) is 11.4. The standard InChI is InChI=1S/C20H27NO3/c1-13(2)21-20(23)12-24-18-8-5-16(6-9-18)15(4)19-10-7-17(22)11-14(19)3/h5-9,11,13,15,19,22H,10,12H2,1-4H3,(H,21,23). The number of aliphatic hydroxyl groups excluding tert-OH is 1. The predicted molar refractivity (Wildman–Crippen MR) is 96.2 cm³/mol. The van der Waals surface area contributed by atoms with Gasteiger partial charge in [-0.2, -0.15) is 0 Å². The van der Waals surface area contributed by atoms with E-state index in [1.807, 2.05) is 50.3 Å². The molecular formula is C20H27NO3. The number of amides is 1. The van der Waals surface area contributed by atoms with E-state index in [1.54, 1.807) is 0 Å². The number of benzene rings is 1. The summed E-state index contributed by atoms with van der Waals surface area (Å²) in [7, 11) is 0. The van der Waals surface area contributed by atoms with Crippen LogP contribution in [0, 0.1) is 5.92 Å². The summed E-state index contributed by atoms with van der Waals surface area (Å²) in [5.41, 5.74) is 2.43. The lowest BCUT2D eigenvalue weighted by molar-refractivity contribution is -0.123. The van der Waals surface area contributed by atoms with E-state index < -0.39 is 0 Å². The molecule has 2 rings (SSSR count). The average Bonchev–Trinajstić information content (AvgIpc) is 2.52. The van der Waals surface area contributed by atoms with Crippen LogP contribution in [0.5, 0.6) is 5.75 Å². The van der Waals surface area contributed by atoms with E-state index >= 15 is 0 Å².